The average Bonchev–Trinajstić information content (AvgIpc) is 2.75. The van der Waals surface area contributed by atoms with Crippen molar-refractivity contribution in [1.29, 1.82) is 5.26 Å². The van der Waals surface area contributed by atoms with E-state index in [4.69, 9.17) is 5.26 Å². The van der Waals surface area contributed by atoms with E-state index in [0.717, 1.165) is 33.8 Å². The monoisotopic (exact) mass is 321 g/mol. The minimum Gasteiger partial charge on any atom is -0.384 e. The Balaban J connectivity index is 1.99. The zero-order chi connectivity index (χ0) is 13.0. The van der Waals surface area contributed by atoms with Crippen molar-refractivity contribution in [3.05, 3.63) is 44.3 Å². The first-order valence-corrected chi connectivity index (χ1v) is 7.21. The maximum atomic E-state index is 9.09. The first-order chi connectivity index (χ1) is 8.70. The second-order valence-electron chi connectivity index (χ2n) is 3.83. The van der Waals surface area contributed by atoms with Gasteiger partial charge in [-0.25, -0.2) is 4.98 Å². The maximum Gasteiger partial charge on any atom is 0.103 e. The molecule has 0 unspecified atom stereocenters. The first kappa shape index (κ1) is 13.1. The highest BCUT2D eigenvalue weighted by molar-refractivity contribution is 9.10. The molecular formula is C13H12BrN3S. The van der Waals surface area contributed by atoms with Crippen LogP contribution in [0.3, 0.4) is 0 Å². The molecule has 92 valence electrons. The van der Waals surface area contributed by atoms with Crippen LogP contribution >= 0.6 is 27.3 Å². The van der Waals surface area contributed by atoms with E-state index in [9.17, 15) is 0 Å². The molecule has 0 aliphatic rings. The van der Waals surface area contributed by atoms with E-state index in [1.165, 1.54) is 0 Å². The Morgan fingerprint density at radius 3 is 3.00 bits per heavy atom. The minimum absolute atomic E-state index is 0.646. The number of hydrogen-bond acceptors (Lipinski definition) is 4. The predicted molar refractivity (Wildman–Crippen MR) is 77.9 cm³/mol. The lowest BCUT2D eigenvalue weighted by molar-refractivity contribution is 0.986. The number of halogens is 1. The van der Waals surface area contributed by atoms with Gasteiger partial charge in [0, 0.05) is 28.5 Å². The molecule has 1 heterocycles. The van der Waals surface area contributed by atoms with Gasteiger partial charge in [0.15, 0.2) is 0 Å². The summed E-state index contributed by atoms with van der Waals surface area (Å²) in [6, 6.07) is 7.89. The smallest absolute Gasteiger partial charge is 0.103 e. The summed E-state index contributed by atoms with van der Waals surface area (Å²) in [6.45, 7) is 2.77. The summed E-state index contributed by atoms with van der Waals surface area (Å²) in [5, 5.41) is 15.5. The van der Waals surface area contributed by atoms with E-state index >= 15 is 0 Å². The van der Waals surface area contributed by atoms with Crippen LogP contribution in [0.2, 0.25) is 0 Å². The maximum absolute atomic E-state index is 9.09. The number of thiazole rings is 1. The standard InChI is InChI=1S/C13H12BrN3S/c1-9-8-18-13(17-9)5-6-16-12-4-2-3-11(14)10(12)7-15/h2-4,8,16H,5-6H2,1H3. The third kappa shape index (κ3) is 3.09. The Morgan fingerprint density at radius 1 is 1.50 bits per heavy atom. The van der Waals surface area contributed by atoms with E-state index in [1.807, 2.05) is 25.1 Å². The van der Waals surface area contributed by atoms with E-state index < -0.39 is 0 Å². The molecule has 0 atom stereocenters. The van der Waals surface area contributed by atoms with Crippen LogP contribution in [0.1, 0.15) is 16.3 Å². The fourth-order valence-electron chi connectivity index (χ4n) is 1.61. The van der Waals surface area contributed by atoms with E-state index in [0.29, 0.717) is 5.56 Å². The molecule has 0 fully saturated rings. The van der Waals surface area contributed by atoms with Gasteiger partial charge in [-0.3, -0.25) is 0 Å². The van der Waals surface area contributed by atoms with Crippen LogP contribution in [0.15, 0.2) is 28.1 Å². The van der Waals surface area contributed by atoms with Gasteiger partial charge >= 0.3 is 0 Å². The fraction of sp³-hybridized carbons (Fsp3) is 0.231. The number of aromatic nitrogens is 1. The molecule has 1 aromatic carbocycles. The molecule has 0 radical (unpaired) electrons. The Labute approximate surface area is 119 Å². The highest BCUT2D eigenvalue weighted by Crippen LogP contribution is 2.23. The van der Waals surface area contributed by atoms with Crippen molar-refractivity contribution in [2.45, 2.75) is 13.3 Å². The molecule has 5 heteroatoms. The summed E-state index contributed by atoms with van der Waals surface area (Å²) in [5.41, 5.74) is 2.57. The zero-order valence-electron chi connectivity index (χ0n) is 9.90. The van der Waals surface area contributed by atoms with Gasteiger partial charge < -0.3 is 5.32 Å². The summed E-state index contributed by atoms with van der Waals surface area (Å²) >= 11 is 5.05. The van der Waals surface area contributed by atoms with Gasteiger partial charge in [-0.15, -0.1) is 11.3 Å². The van der Waals surface area contributed by atoms with Crippen molar-refractivity contribution < 1.29 is 0 Å². The number of hydrogen-bond donors (Lipinski definition) is 1. The van der Waals surface area contributed by atoms with Crippen molar-refractivity contribution in [2.24, 2.45) is 0 Å². The summed E-state index contributed by atoms with van der Waals surface area (Å²) in [7, 11) is 0. The van der Waals surface area contributed by atoms with Gasteiger partial charge in [-0.2, -0.15) is 5.26 Å². The third-order valence-corrected chi connectivity index (χ3v) is 4.13. The van der Waals surface area contributed by atoms with E-state index in [2.05, 4.69) is 37.7 Å². The average molecular weight is 322 g/mol. The van der Waals surface area contributed by atoms with Gasteiger partial charge in [0.1, 0.15) is 6.07 Å². The van der Waals surface area contributed by atoms with Crippen molar-refractivity contribution in [1.82, 2.24) is 4.98 Å². The van der Waals surface area contributed by atoms with Gasteiger partial charge in [0.2, 0.25) is 0 Å². The molecule has 0 bridgehead atoms. The van der Waals surface area contributed by atoms with Crippen LogP contribution in [-0.4, -0.2) is 11.5 Å². The van der Waals surface area contributed by atoms with Gasteiger partial charge in [0.05, 0.1) is 16.3 Å². The van der Waals surface area contributed by atoms with Crippen molar-refractivity contribution >= 4 is 33.0 Å². The van der Waals surface area contributed by atoms with Crippen LogP contribution in [0, 0.1) is 18.3 Å². The quantitative estimate of drug-likeness (QED) is 0.933. The van der Waals surface area contributed by atoms with E-state index in [1.54, 1.807) is 11.3 Å². The van der Waals surface area contributed by atoms with Gasteiger partial charge in [-0.05, 0) is 35.0 Å². The molecule has 2 rings (SSSR count). The van der Waals surface area contributed by atoms with Crippen LogP contribution in [0.5, 0.6) is 0 Å². The van der Waals surface area contributed by atoms with E-state index in [-0.39, 0.29) is 0 Å². The molecule has 1 aromatic heterocycles. The van der Waals surface area contributed by atoms with Crippen molar-refractivity contribution in [3.8, 4) is 6.07 Å². The lowest BCUT2D eigenvalue weighted by Gasteiger charge is -2.08. The minimum atomic E-state index is 0.646. The number of nitriles is 1. The number of nitrogens with zero attached hydrogens (tertiary/aromatic N) is 2. The summed E-state index contributed by atoms with van der Waals surface area (Å²) in [6.07, 6.45) is 0.871. The van der Waals surface area contributed by atoms with Crippen LogP contribution in [0.4, 0.5) is 5.69 Å². The van der Waals surface area contributed by atoms with Crippen molar-refractivity contribution in [3.63, 3.8) is 0 Å². The molecule has 1 N–H and O–H groups in total. The molecule has 0 aliphatic carbocycles. The Kier molecular flexibility index (Phi) is 4.34. The highest BCUT2D eigenvalue weighted by atomic mass is 79.9. The lowest BCUT2D eigenvalue weighted by atomic mass is 10.2. The summed E-state index contributed by atoms with van der Waals surface area (Å²) in [4.78, 5) is 4.41. The lowest BCUT2D eigenvalue weighted by Crippen LogP contribution is -2.06. The first-order valence-electron chi connectivity index (χ1n) is 5.54. The number of nitrogens with one attached hydrogen (secondary N) is 1. The van der Waals surface area contributed by atoms with Crippen LogP contribution in [0.25, 0.3) is 0 Å². The molecule has 0 amide bonds. The van der Waals surface area contributed by atoms with Crippen molar-refractivity contribution in [2.75, 3.05) is 11.9 Å². The molecular weight excluding hydrogens is 310 g/mol. The SMILES string of the molecule is Cc1csc(CCNc2cccc(Br)c2C#N)n1. The normalized spacial score (nSPS) is 10.1. The molecule has 0 spiro atoms. The molecule has 0 saturated carbocycles. The van der Waals surface area contributed by atoms with Crippen LogP contribution in [-0.2, 0) is 6.42 Å². The number of rotatable bonds is 4. The third-order valence-electron chi connectivity index (χ3n) is 2.45. The molecule has 2 aromatic rings. The molecule has 0 saturated heterocycles. The number of aryl methyl sites for hydroxylation is 1. The topological polar surface area (TPSA) is 48.7 Å². The summed E-state index contributed by atoms with van der Waals surface area (Å²) < 4.78 is 0.820. The fourth-order valence-corrected chi connectivity index (χ4v) is 2.84. The Bertz CT molecular complexity index is 586. The number of benzene rings is 1. The predicted octanol–water partition coefficient (Wildman–Crippen LogP) is 3.74. The second-order valence-corrected chi connectivity index (χ2v) is 5.63. The highest BCUT2D eigenvalue weighted by Gasteiger charge is 2.05. The summed E-state index contributed by atoms with van der Waals surface area (Å²) in [5.74, 6) is 0. The molecule has 3 nitrogen and oxygen atoms in total. The zero-order valence-corrected chi connectivity index (χ0v) is 12.3. The molecule has 18 heavy (non-hydrogen) atoms. The molecule has 0 aliphatic heterocycles. The van der Waals surface area contributed by atoms with Gasteiger partial charge in [-0.1, -0.05) is 6.07 Å². The second kappa shape index (κ2) is 5.98. The van der Waals surface area contributed by atoms with Gasteiger partial charge in [0.25, 0.3) is 0 Å². The number of anilines is 1. The Morgan fingerprint density at radius 2 is 2.33 bits per heavy atom. The Hall–Kier alpha value is -1.38. The van der Waals surface area contributed by atoms with Crippen LogP contribution < -0.4 is 5.32 Å². The largest absolute Gasteiger partial charge is 0.384 e.